The summed E-state index contributed by atoms with van der Waals surface area (Å²) in [6.07, 6.45) is 0. The van der Waals surface area contributed by atoms with Crippen molar-refractivity contribution in [1.82, 2.24) is 0 Å². The van der Waals surface area contributed by atoms with Gasteiger partial charge in [0.1, 0.15) is 30.9 Å². The van der Waals surface area contributed by atoms with Gasteiger partial charge < -0.3 is 28.8 Å². The molecule has 0 saturated heterocycles. The van der Waals surface area contributed by atoms with Crippen LogP contribution >= 0.6 is 0 Å². The van der Waals surface area contributed by atoms with E-state index in [-0.39, 0.29) is 59.1 Å². The Bertz CT molecular complexity index is 1180. The minimum atomic E-state index is -5.82. The fourth-order valence-electron chi connectivity index (χ4n) is 2.50. The zero-order valence-corrected chi connectivity index (χ0v) is 21.8. The van der Waals surface area contributed by atoms with E-state index in [4.69, 9.17) is 4.74 Å². The second-order valence-corrected chi connectivity index (χ2v) is 7.84. The van der Waals surface area contributed by atoms with Gasteiger partial charge >= 0.3 is 59.1 Å². The van der Waals surface area contributed by atoms with Crippen molar-refractivity contribution < 1.29 is 110 Å². The average molecular weight is 478 g/mol. The summed E-state index contributed by atoms with van der Waals surface area (Å²) in [7, 11) is -9.82. The van der Waals surface area contributed by atoms with Gasteiger partial charge in [0.2, 0.25) is 11.5 Å². The Morgan fingerprint density at radius 2 is 1.33 bits per heavy atom. The van der Waals surface area contributed by atoms with Gasteiger partial charge in [0.15, 0.2) is 11.5 Å². The summed E-state index contributed by atoms with van der Waals surface area (Å²) in [5.74, 6) is -5.32. The molecule has 0 saturated carbocycles. The van der Waals surface area contributed by atoms with Crippen molar-refractivity contribution in [3.05, 3.63) is 35.4 Å². The number of ketones is 1. The van der Waals surface area contributed by atoms with Gasteiger partial charge in [0, 0.05) is 0 Å². The summed E-state index contributed by atoms with van der Waals surface area (Å²) in [6, 6.07) is 4.64. The summed E-state index contributed by atoms with van der Waals surface area (Å²) in [5.41, 5.74) is -1.94. The van der Waals surface area contributed by atoms with Crippen LogP contribution in [0.4, 0.5) is 0 Å². The fraction of sp³-hybridized carbons (Fsp3) is 0.133. The molecule has 0 fully saturated rings. The van der Waals surface area contributed by atoms with Crippen LogP contribution in [0.25, 0.3) is 0 Å². The predicted octanol–water partition coefficient (Wildman–Crippen LogP) is -5.84. The SMILES string of the molecule is COc1c(O)c(C(=O)c2ccccc2O)c(S(=O)(=O)[O-])c(S(=O)(=O)[O-])c1OC.[Na+].[Na+]. The summed E-state index contributed by atoms with van der Waals surface area (Å²) in [4.78, 5) is 9.28. The van der Waals surface area contributed by atoms with Gasteiger partial charge in [-0.2, -0.15) is 0 Å². The topological polar surface area (TPSA) is 190 Å². The molecular formula is C15H12Na2O11S2. The molecule has 0 bridgehead atoms. The number of rotatable bonds is 6. The third kappa shape index (κ3) is 5.48. The van der Waals surface area contributed by atoms with Gasteiger partial charge in [-0.15, -0.1) is 0 Å². The summed E-state index contributed by atoms with van der Waals surface area (Å²) < 4.78 is 79.8. The first-order chi connectivity index (χ1) is 12.9. The van der Waals surface area contributed by atoms with Gasteiger partial charge in [-0.05, 0) is 12.1 Å². The summed E-state index contributed by atoms with van der Waals surface area (Å²) in [6.45, 7) is 0. The van der Waals surface area contributed by atoms with Crippen LogP contribution in [0.1, 0.15) is 15.9 Å². The van der Waals surface area contributed by atoms with Crippen molar-refractivity contribution in [3.8, 4) is 23.0 Å². The minimum absolute atomic E-state index is 0. The molecule has 11 nitrogen and oxygen atoms in total. The Morgan fingerprint density at radius 1 is 0.867 bits per heavy atom. The van der Waals surface area contributed by atoms with E-state index in [1.54, 1.807) is 0 Å². The zero-order valence-electron chi connectivity index (χ0n) is 16.2. The van der Waals surface area contributed by atoms with Gasteiger partial charge in [-0.1, -0.05) is 12.1 Å². The maximum Gasteiger partial charge on any atom is 1.00 e. The van der Waals surface area contributed by atoms with E-state index in [2.05, 4.69) is 4.74 Å². The average Bonchev–Trinajstić information content (AvgIpc) is 2.58. The van der Waals surface area contributed by atoms with Crippen LogP contribution in [0.2, 0.25) is 0 Å². The molecule has 152 valence electrons. The largest absolute Gasteiger partial charge is 1.00 e. The van der Waals surface area contributed by atoms with E-state index in [0.717, 1.165) is 26.4 Å². The van der Waals surface area contributed by atoms with Crippen molar-refractivity contribution in [2.45, 2.75) is 9.79 Å². The molecule has 0 aliphatic heterocycles. The Labute approximate surface area is 216 Å². The van der Waals surface area contributed by atoms with Crippen LogP contribution in [0.3, 0.4) is 0 Å². The van der Waals surface area contributed by atoms with E-state index in [0.29, 0.717) is 0 Å². The molecule has 0 heterocycles. The smallest absolute Gasteiger partial charge is 0.744 e. The molecule has 0 atom stereocenters. The molecule has 2 rings (SSSR count). The van der Waals surface area contributed by atoms with E-state index < -0.39 is 69.9 Å². The molecule has 15 heteroatoms. The number of carbonyl (C=O) groups excluding carboxylic acids is 1. The first kappa shape index (κ1) is 29.1. The molecule has 0 aliphatic rings. The van der Waals surface area contributed by atoms with Crippen molar-refractivity contribution in [1.29, 1.82) is 0 Å². The van der Waals surface area contributed by atoms with E-state index in [1.165, 1.54) is 12.1 Å². The molecule has 0 radical (unpaired) electrons. The van der Waals surface area contributed by atoms with Gasteiger partial charge in [-0.3, -0.25) is 4.79 Å². The number of hydrogen-bond donors (Lipinski definition) is 2. The molecule has 2 aromatic carbocycles. The van der Waals surface area contributed by atoms with Crippen LogP contribution in [0, 0.1) is 0 Å². The standard InChI is InChI=1S/C15H14O11S2.2Na/c1-25-12-11(18)9(10(17)7-5-3-4-6-8(7)16)14(27(19,20)21)15(13(12)26-2)28(22,23)24;;/h3-6,16,18H,1-2H3,(H,19,20,21)(H,22,23,24);;/q;2*+1/p-2. The predicted molar refractivity (Wildman–Crippen MR) is 88.7 cm³/mol. The number of phenolic OH excluding ortho intramolecular Hbond substituents is 2. The third-order valence-electron chi connectivity index (χ3n) is 3.58. The molecule has 2 N–H and O–H groups in total. The number of methoxy groups -OCH3 is 2. The van der Waals surface area contributed by atoms with Crippen molar-refractivity contribution in [2.24, 2.45) is 0 Å². The monoisotopic (exact) mass is 478 g/mol. The first-order valence-corrected chi connectivity index (χ1v) is 9.93. The molecule has 2 aromatic rings. The maximum absolute atomic E-state index is 12.8. The van der Waals surface area contributed by atoms with Gasteiger partial charge in [0.05, 0.1) is 30.2 Å². The molecule has 0 unspecified atom stereocenters. The molecular weight excluding hydrogens is 466 g/mol. The van der Waals surface area contributed by atoms with Crippen molar-refractivity contribution >= 4 is 26.0 Å². The Kier molecular flexibility index (Phi) is 10.3. The summed E-state index contributed by atoms with van der Waals surface area (Å²) >= 11 is 0. The number of phenols is 2. The number of carbonyl (C=O) groups is 1. The number of para-hydroxylation sites is 1. The number of ether oxygens (including phenoxy) is 2. The molecule has 0 amide bonds. The Morgan fingerprint density at radius 3 is 1.73 bits per heavy atom. The number of aromatic hydroxyl groups is 2. The van der Waals surface area contributed by atoms with Crippen LogP contribution in [-0.4, -0.2) is 56.2 Å². The third-order valence-corrected chi connectivity index (χ3v) is 5.51. The molecule has 30 heavy (non-hydrogen) atoms. The quantitative estimate of drug-likeness (QED) is 0.228. The number of benzene rings is 2. The molecule has 0 aromatic heterocycles. The molecule has 0 spiro atoms. The van der Waals surface area contributed by atoms with E-state index >= 15 is 0 Å². The van der Waals surface area contributed by atoms with Crippen LogP contribution in [0.5, 0.6) is 23.0 Å². The van der Waals surface area contributed by atoms with Crippen molar-refractivity contribution in [3.63, 3.8) is 0 Å². The van der Waals surface area contributed by atoms with E-state index in [9.17, 15) is 40.9 Å². The normalized spacial score (nSPS) is 11.1. The Hall–Kier alpha value is -0.870. The zero-order chi connectivity index (χ0) is 21.4. The summed E-state index contributed by atoms with van der Waals surface area (Å²) in [5, 5.41) is 20.2. The first-order valence-electron chi connectivity index (χ1n) is 7.11. The second-order valence-electron chi connectivity index (χ2n) is 5.20. The van der Waals surface area contributed by atoms with Gasteiger partial charge in [-0.25, -0.2) is 16.8 Å². The number of hydrogen-bond acceptors (Lipinski definition) is 11. The molecule has 0 aliphatic carbocycles. The van der Waals surface area contributed by atoms with Gasteiger partial charge in [0.25, 0.3) is 0 Å². The van der Waals surface area contributed by atoms with E-state index in [1.807, 2.05) is 0 Å². The van der Waals surface area contributed by atoms with Crippen LogP contribution < -0.4 is 68.6 Å². The second kappa shape index (κ2) is 10.6. The van der Waals surface area contributed by atoms with Crippen molar-refractivity contribution in [2.75, 3.05) is 14.2 Å². The van der Waals surface area contributed by atoms with Crippen LogP contribution in [0.15, 0.2) is 34.1 Å². The van der Waals surface area contributed by atoms with Crippen LogP contribution in [-0.2, 0) is 20.2 Å². The maximum atomic E-state index is 12.8. The fourth-order valence-corrected chi connectivity index (χ4v) is 4.60. The minimum Gasteiger partial charge on any atom is -0.744 e. The Balaban J connectivity index is 0.00000420.